The van der Waals surface area contributed by atoms with E-state index < -0.39 is 0 Å². The van der Waals surface area contributed by atoms with E-state index in [-0.39, 0.29) is 11.5 Å². The fourth-order valence-electron chi connectivity index (χ4n) is 3.36. The molecule has 0 spiro atoms. The van der Waals surface area contributed by atoms with Crippen LogP contribution in [0.1, 0.15) is 43.1 Å². The lowest BCUT2D eigenvalue weighted by atomic mass is 10.1. The molecule has 0 unspecified atom stereocenters. The van der Waals surface area contributed by atoms with Gasteiger partial charge in [0.2, 0.25) is 0 Å². The number of aromatic nitrogens is 2. The molecule has 4 aromatic rings. The first-order chi connectivity index (χ1) is 16.0. The minimum Gasteiger partial charge on any atom is -0.489 e. The molecule has 3 aromatic carbocycles. The van der Waals surface area contributed by atoms with Gasteiger partial charge in [0, 0.05) is 21.0 Å². The van der Waals surface area contributed by atoms with Gasteiger partial charge in [-0.3, -0.25) is 4.79 Å². The molecule has 1 atom stereocenters. The van der Waals surface area contributed by atoms with Gasteiger partial charge in [-0.1, -0.05) is 71.7 Å². The van der Waals surface area contributed by atoms with Crippen molar-refractivity contribution in [1.29, 1.82) is 0 Å². The number of rotatable bonds is 7. The second-order valence-electron chi connectivity index (χ2n) is 7.75. The summed E-state index contributed by atoms with van der Waals surface area (Å²) in [6.07, 6.45) is 2.50. The van der Waals surface area contributed by atoms with E-state index in [4.69, 9.17) is 21.3 Å². The Balaban J connectivity index is 1.65. The molecule has 33 heavy (non-hydrogen) atoms. The number of benzene rings is 3. The van der Waals surface area contributed by atoms with Crippen molar-refractivity contribution in [1.82, 2.24) is 9.66 Å². The van der Waals surface area contributed by atoms with E-state index in [2.05, 4.69) is 28.0 Å². The van der Waals surface area contributed by atoms with Crippen molar-refractivity contribution in [3.63, 3.8) is 0 Å². The smallest absolute Gasteiger partial charge is 0.282 e. The average Bonchev–Trinajstić information content (AvgIpc) is 2.83. The molecule has 0 saturated carbocycles. The fraction of sp³-hybridized carbons (Fsp3) is 0.192. The summed E-state index contributed by atoms with van der Waals surface area (Å²) in [5.74, 6) is 1.40. The highest BCUT2D eigenvalue weighted by Gasteiger charge is 2.15. The molecule has 0 fully saturated rings. The Kier molecular flexibility index (Phi) is 7.26. The maximum Gasteiger partial charge on any atom is 0.282 e. The molecule has 4 rings (SSSR count). The van der Waals surface area contributed by atoms with Gasteiger partial charge < -0.3 is 4.74 Å². The van der Waals surface area contributed by atoms with Crippen molar-refractivity contribution in [2.45, 2.75) is 32.8 Å². The molecule has 0 N–H and O–H groups in total. The SMILES string of the molecule is CC[C@@H](C)c1nc2ccc(Br)cc2c(=O)n1N=Cc1cccc(OCc2ccccc2Cl)c1. The van der Waals surface area contributed by atoms with Crippen molar-refractivity contribution in [3.05, 3.63) is 104 Å². The van der Waals surface area contributed by atoms with Crippen molar-refractivity contribution < 1.29 is 4.74 Å². The lowest BCUT2D eigenvalue weighted by Gasteiger charge is -2.14. The summed E-state index contributed by atoms with van der Waals surface area (Å²) < 4.78 is 8.13. The summed E-state index contributed by atoms with van der Waals surface area (Å²) in [4.78, 5) is 18.0. The lowest BCUT2D eigenvalue weighted by molar-refractivity contribution is 0.306. The van der Waals surface area contributed by atoms with Gasteiger partial charge in [0.1, 0.15) is 18.2 Å². The van der Waals surface area contributed by atoms with E-state index in [1.165, 1.54) is 4.68 Å². The minimum atomic E-state index is -0.195. The van der Waals surface area contributed by atoms with E-state index in [1.54, 1.807) is 12.3 Å². The van der Waals surface area contributed by atoms with Gasteiger partial charge >= 0.3 is 0 Å². The van der Waals surface area contributed by atoms with E-state index in [1.807, 2.05) is 67.6 Å². The molecule has 0 aliphatic rings. The van der Waals surface area contributed by atoms with Crippen LogP contribution in [0.4, 0.5) is 0 Å². The third kappa shape index (κ3) is 5.34. The Morgan fingerprint density at radius 3 is 2.76 bits per heavy atom. The van der Waals surface area contributed by atoms with Crippen molar-refractivity contribution >= 4 is 44.6 Å². The molecule has 0 aliphatic carbocycles. The molecule has 7 heteroatoms. The highest BCUT2D eigenvalue weighted by Crippen LogP contribution is 2.22. The zero-order valence-corrected chi connectivity index (χ0v) is 20.7. The lowest BCUT2D eigenvalue weighted by Crippen LogP contribution is -2.23. The van der Waals surface area contributed by atoms with Crippen LogP contribution < -0.4 is 10.3 Å². The van der Waals surface area contributed by atoms with E-state index in [0.717, 1.165) is 22.0 Å². The van der Waals surface area contributed by atoms with Gasteiger partial charge in [-0.2, -0.15) is 9.78 Å². The molecule has 1 aromatic heterocycles. The minimum absolute atomic E-state index is 0.0770. The quantitative estimate of drug-likeness (QED) is 0.250. The van der Waals surface area contributed by atoms with Gasteiger partial charge in [0.25, 0.3) is 5.56 Å². The maximum absolute atomic E-state index is 13.3. The Hall–Kier alpha value is -2.96. The summed E-state index contributed by atoms with van der Waals surface area (Å²) >= 11 is 9.65. The van der Waals surface area contributed by atoms with Crippen molar-refractivity contribution in [2.24, 2.45) is 5.10 Å². The van der Waals surface area contributed by atoms with E-state index in [0.29, 0.717) is 34.1 Å². The second kappa shape index (κ2) is 10.3. The summed E-state index contributed by atoms with van der Waals surface area (Å²) in [6, 6.07) is 20.6. The molecule has 1 heterocycles. The highest BCUT2D eigenvalue weighted by molar-refractivity contribution is 9.10. The third-order valence-corrected chi connectivity index (χ3v) is 6.28. The van der Waals surface area contributed by atoms with Crippen LogP contribution in [0.5, 0.6) is 5.75 Å². The van der Waals surface area contributed by atoms with E-state index in [9.17, 15) is 4.79 Å². The van der Waals surface area contributed by atoms with Gasteiger partial charge in [0.05, 0.1) is 17.1 Å². The molecule has 168 valence electrons. The predicted octanol–water partition coefficient (Wildman–Crippen LogP) is 6.79. The first-order valence-electron chi connectivity index (χ1n) is 10.7. The van der Waals surface area contributed by atoms with Crippen molar-refractivity contribution in [2.75, 3.05) is 0 Å². The molecule has 0 radical (unpaired) electrons. The first-order valence-corrected chi connectivity index (χ1v) is 11.9. The predicted molar refractivity (Wildman–Crippen MR) is 138 cm³/mol. The number of hydrogen-bond acceptors (Lipinski definition) is 4. The van der Waals surface area contributed by atoms with Gasteiger partial charge in [-0.05, 0) is 48.4 Å². The second-order valence-corrected chi connectivity index (χ2v) is 9.08. The number of hydrogen-bond donors (Lipinski definition) is 0. The van der Waals surface area contributed by atoms with Crippen LogP contribution in [-0.4, -0.2) is 15.9 Å². The van der Waals surface area contributed by atoms with E-state index >= 15 is 0 Å². The largest absolute Gasteiger partial charge is 0.489 e. The Morgan fingerprint density at radius 1 is 1.15 bits per heavy atom. The van der Waals surface area contributed by atoms with Crippen LogP contribution in [0.25, 0.3) is 10.9 Å². The standard InChI is InChI=1S/C26H23BrClN3O2/c1-3-17(2)25-30-24-12-11-20(27)14-22(24)26(32)31(25)29-15-18-7-6-9-21(13-18)33-16-19-8-4-5-10-23(19)28/h4-15,17H,3,16H2,1-2H3/t17-/m1/s1. The Labute approximate surface area is 205 Å². The zero-order chi connectivity index (χ0) is 23.4. The topological polar surface area (TPSA) is 56.5 Å². The summed E-state index contributed by atoms with van der Waals surface area (Å²) in [7, 11) is 0. The number of nitrogens with zero attached hydrogens (tertiary/aromatic N) is 3. The van der Waals surface area contributed by atoms with Gasteiger partial charge in [0.15, 0.2) is 0 Å². The van der Waals surface area contributed by atoms with Crippen LogP contribution in [0.2, 0.25) is 5.02 Å². The normalized spacial score (nSPS) is 12.4. The van der Waals surface area contributed by atoms with Gasteiger partial charge in [-0.25, -0.2) is 4.98 Å². The molecule has 0 aliphatic heterocycles. The summed E-state index contributed by atoms with van der Waals surface area (Å²) in [5.41, 5.74) is 2.19. The first kappa shape index (κ1) is 23.2. The fourth-order valence-corrected chi connectivity index (χ4v) is 3.92. The number of halogens is 2. The highest BCUT2D eigenvalue weighted by atomic mass is 79.9. The van der Waals surface area contributed by atoms with Crippen LogP contribution in [0, 0.1) is 0 Å². The zero-order valence-electron chi connectivity index (χ0n) is 18.3. The molecule has 0 bridgehead atoms. The molecule has 0 amide bonds. The summed E-state index contributed by atoms with van der Waals surface area (Å²) in [6.45, 7) is 4.47. The molecular weight excluding hydrogens is 502 g/mol. The van der Waals surface area contributed by atoms with Crippen LogP contribution in [-0.2, 0) is 6.61 Å². The Morgan fingerprint density at radius 2 is 1.97 bits per heavy atom. The van der Waals surface area contributed by atoms with Crippen molar-refractivity contribution in [3.8, 4) is 5.75 Å². The molecule has 0 saturated heterocycles. The van der Waals surface area contributed by atoms with Crippen LogP contribution in [0.3, 0.4) is 0 Å². The number of fused-ring (bicyclic) bond motifs is 1. The van der Waals surface area contributed by atoms with Gasteiger partial charge in [-0.15, -0.1) is 0 Å². The molecular formula is C26H23BrClN3O2. The number of ether oxygens (including phenoxy) is 1. The Bertz CT molecular complexity index is 1380. The third-order valence-electron chi connectivity index (χ3n) is 5.42. The summed E-state index contributed by atoms with van der Waals surface area (Å²) in [5, 5.41) is 5.71. The van der Waals surface area contributed by atoms with Crippen LogP contribution in [0.15, 0.2) is 81.1 Å². The monoisotopic (exact) mass is 523 g/mol. The molecule has 5 nitrogen and oxygen atoms in total. The average molecular weight is 525 g/mol. The maximum atomic E-state index is 13.3. The van der Waals surface area contributed by atoms with Crippen LogP contribution >= 0.6 is 27.5 Å².